The number of carbonyl (C=O) groups is 1. The molecule has 2 rings (SSSR count). The molecule has 0 radical (unpaired) electrons. The molecular weight excluding hydrogens is 190 g/mol. The van der Waals surface area contributed by atoms with Gasteiger partial charge in [-0.25, -0.2) is 0 Å². The Kier molecular flexibility index (Phi) is 2.77. The largest absolute Gasteiger partial charge is 0.367 e. The average molecular weight is 207 g/mol. The normalized spacial score (nSPS) is 17.4. The smallest absolute Gasteiger partial charge is 0.227 e. The Balaban J connectivity index is 1.82. The van der Waals surface area contributed by atoms with Gasteiger partial charge in [0.15, 0.2) is 0 Å². The van der Waals surface area contributed by atoms with Crippen LogP contribution in [0.4, 0.5) is 0 Å². The van der Waals surface area contributed by atoms with Gasteiger partial charge in [0, 0.05) is 25.5 Å². The van der Waals surface area contributed by atoms with Gasteiger partial charge in [-0.1, -0.05) is 0 Å². The molecule has 15 heavy (non-hydrogen) atoms. The van der Waals surface area contributed by atoms with Crippen LogP contribution in [0.15, 0.2) is 18.5 Å². The van der Waals surface area contributed by atoms with Crippen LogP contribution in [0.1, 0.15) is 18.4 Å². The van der Waals surface area contributed by atoms with Crippen LogP contribution < -0.4 is 10.6 Å². The molecule has 0 aromatic carbocycles. The van der Waals surface area contributed by atoms with Crippen molar-refractivity contribution in [2.75, 3.05) is 13.6 Å². The Labute approximate surface area is 89.5 Å². The van der Waals surface area contributed by atoms with Crippen LogP contribution in [0, 0.1) is 5.41 Å². The summed E-state index contributed by atoms with van der Waals surface area (Å²) in [4.78, 5) is 14.8. The van der Waals surface area contributed by atoms with Gasteiger partial charge in [0.1, 0.15) is 0 Å². The number of aromatic nitrogens is 1. The lowest BCUT2D eigenvalue weighted by Crippen LogP contribution is -2.37. The molecule has 1 saturated carbocycles. The van der Waals surface area contributed by atoms with E-state index in [2.05, 4.69) is 15.6 Å². The summed E-state index contributed by atoms with van der Waals surface area (Å²) in [7, 11) is 1.89. The number of nitrogens with one attached hydrogen (secondary N) is 3. The molecule has 1 aromatic heterocycles. The minimum atomic E-state index is -0.120. The number of amides is 1. The fourth-order valence-electron chi connectivity index (χ4n) is 1.81. The van der Waals surface area contributed by atoms with Gasteiger partial charge < -0.3 is 15.6 Å². The quantitative estimate of drug-likeness (QED) is 0.663. The van der Waals surface area contributed by atoms with Gasteiger partial charge in [0.25, 0.3) is 0 Å². The summed E-state index contributed by atoms with van der Waals surface area (Å²) in [5, 5.41) is 6.05. The Morgan fingerprint density at radius 1 is 1.60 bits per heavy atom. The number of hydrogen-bond acceptors (Lipinski definition) is 2. The molecule has 3 N–H and O–H groups in total. The van der Waals surface area contributed by atoms with Gasteiger partial charge >= 0.3 is 0 Å². The summed E-state index contributed by atoms with van der Waals surface area (Å²) >= 11 is 0. The van der Waals surface area contributed by atoms with Crippen molar-refractivity contribution in [1.29, 1.82) is 0 Å². The number of H-pyrrole nitrogens is 1. The fourth-order valence-corrected chi connectivity index (χ4v) is 1.81. The first-order valence-corrected chi connectivity index (χ1v) is 5.31. The van der Waals surface area contributed by atoms with Crippen molar-refractivity contribution in [1.82, 2.24) is 15.6 Å². The van der Waals surface area contributed by atoms with Crippen LogP contribution in [-0.2, 0) is 11.3 Å². The third kappa shape index (κ3) is 2.21. The van der Waals surface area contributed by atoms with E-state index in [1.54, 1.807) is 0 Å². The summed E-state index contributed by atoms with van der Waals surface area (Å²) < 4.78 is 0. The Bertz CT molecular complexity index is 328. The number of carbonyl (C=O) groups excluding carboxylic acids is 1. The Hall–Kier alpha value is -1.29. The van der Waals surface area contributed by atoms with Crippen LogP contribution in [0.3, 0.4) is 0 Å². The summed E-state index contributed by atoms with van der Waals surface area (Å²) in [5.74, 6) is 0.179. The van der Waals surface area contributed by atoms with E-state index in [0.29, 0.717) is 6.54 Å². The van der Waals surface area contributed by atoms with Crippen LogP contribution in [-0.4, -0.2) is 24.5 Å². The van der Waals surface area contributed by atoms with Crippen molar-refractivity contribution < 1.29 is 4.79 Å². The number of aromatic amines is 1. The molecule has 0 atom stereocenters. The molecule has 0 spiro atoms. The van der Waals surface area contributed by atoms with E-state index >= 15 is 0 Å². The van der Waals surface area contributed by atoms with Gasteiger partial charge in [-0.15, -0.1) is 0 Å². The van der Waals surface area contributed by atoms with Crippen LogP contribution in [0.25, 0.3) is 0 Å². The molecule has 1 aliphatic rings. The minimum Gasteiger partial charge on any atom is -0.367 e. The monoisotopic (exact) mass is 207 g/mol. The Morgan fingerprint density at radius 3 is 2.93 bits per heavy atom. The second kappa shape index (κ2) is 4.06. The van der Waals surface area contributed by atoms with Crippen LogP contribution in [0.2, 0.25) is 0 Å². The highest BCUT2D eigenvalue weighted by atomic mass is 16.2. The lowest BCUT2D eigenvalue weighted by molar-refractivity contribution is -0.126. The van der Waals surface area contributed by atoms with E-state index in [-0.39, 0.29) is 11.3 Å². The maximum absolute atomic E-state index is 11.9. The summed E-state index contributed by atoms with van der Waals surface area (Å²) in [6.07, 6.45) is 5.78. The van der Waals surface area contributed by atoms with Crippen molar-refractivity contribution >= 4 is 5.91 Å². The third-order valence-electron chi connectivity index (χ3n) is 2.97. The van der Waals surface area contributed by atoms with Crippen LogP contribution >= 0.6 is 0 Å². The average Bonchev–Trinajstić information content (AvgIpc) is 2.83. The molecular formula is C11H17N3O. The maximum Gasteiger partial charge on any atom is 0.227 e. The predicted molar refractivity (Wildman–Crippen MR) is 58.2 cm³/mol. The van der Waals surface area contributed by atoms with Crippen molar-refractivity contribution in [3.8, 4) is 0 Å². The van der Waals surface area contributed by atoms with E-state index in [0.717, 1.165) is 24.9 Å². The first-order chi connectivity index (χ1) is 7.27. The molecule has 1 fully saturated rings. The zero-order valence-corrected chi connectivity index (χ0v) is 8.97. The van der Waals surface area contributed by atoms with E-state index < -0.39 is 0 Å². The van der Waals surface area contributed by atoms with E-state index in [4.69, 9.17) is 0 Å². The zero-order valence-electron chi connectivity index (χ0n) is 8.97. The molecule has 1 aromatic rings. The summed E-state index contributed by atoms with van der Waals surface area (Å²) in [6.45, 7) is 1.40. The molecule has 1 heterocycles. The summed E-state index contributed by atoms with van der Waals surface area (Å²) in [6, 6.07) is 1.97. The molecule has 4 nitrogen and oxygen atoms in total. The van der Waals surface area contributed by atoms with Crippen molar-refractivity contribution in [2.24, 2.45) is 5.41 Å². The minimum absolute atomic E-state index is 0.120. The maximum atomic E-state index is 11.9. The predicted octanol–water partition coefficient (Wildman–Crippen LogP) is 0.630. The van der Waals surface area contributed by atoms with Gasteiger partial charge in [0.2, 0.25) is 5.91 Å². The lowest BCUT2D eigenvalue weighted by Gasteiger charge is -2.14. The van der Waals surface area contributed by atoms with Gasteiger partial charge in [-0.05, 0) is 31.5 Å². The van der Waals surface area contributed by atoms with E-state index in [1.807, 2.05) is 25.5 Å². The summed E-state index contributed by atoms with van der Waals surface area (Å²) in [5.41, 5.74) is 0.994. The molecule has 0 aliphatic heterocycles. The van der Waals surface area contributed by atoms with Crippen molar-refractivity contribution in [2.45, 2.75) is 19.4 Å². The lowest BCUT2D eigenvalue weighted by atomic mass is 10.1. The first-order valence-electron chi connectivity index (χ1n) is 5.31. The van der Waals surface area contributed by atoms with Crippen molar-refractivity contribution in [3.63, 3.8) is 0 Å². The highest BCUT2D eigenvalue weighted by Gasteiger charge is 2.48. The highest BCUT2D eigenvalue weighted by molar-refractivity contribution is 5.85. The Morgan fingerprint density at radius 2 is 2.40 bits per heavy atom. The molecule has 4 heteroatoms. The molecule has 0 unspecified atom stereocenters. The zero-order chi connectivity index (χ0) is 10.7. The SMILES string of the molecule is CNCC1(C(=O)NCc2cc[nH]c2)CC1. The number of hydrogen-bond donors (Lipinski definition) is 3. The fraction of sp³-hybridized carbons (Fsp3) is 0.545. The first kappa shape index (κ1) is 10.2. The standard InChI is InChI=1S/C11H17N3O/c1-12-8-11(3-4-11)10(15)14-7-9-2-5-13-6-9/h2,5-6,12-13H,3-4,7-8H2,1H3,(H,14,15). The molecule has 1 aliphatic carbocycles. The topological polar surface area (TPSA) is 56.9 Å². The van der Waals surface area contributed by atoms with Crippen LogP contribution in [0.5, 0.6) is 0 Å². The second-order valence-electron chi connectivity index (χ2n) is 4.21. The van der Waals surface area contributed by atoms with Gasteiger partial charge in [-0.2, -0.15) is 0 Å². The van der Waals surface area contributed by atoms with Crippen molar-refractivity contribution in [3.05, 3.63) is 24.0 Å². The molecule has 82 valence electrons. The third-order valence-corrected chi connectivity index (χ3v) is 2.97. The second-order valence-corrected chi connectivity index (χ2v) is 4.21. The van der Waals surface area contributed by atoms with Gasteiger partial charge in [-0.3, -0.25) is 4.79 Å². The molecule has 0 bridgehead atoms. The molecule has 0 saturated heterocycles. The van der Waals surface area contributed by atoms with E-state index in [1.165, 1.54) is 0 Å². The van der Waals surface area contributed by atoms with E-state index in [9.17, 15) is 4.79 Å². The molecule has 1 amide bonds. The van der Waals surface area contributed by atoms with Gasteiger partial charge in [0.05, 0.1) is 5.41 Å². The highest BCUT2D eigenvalue weighted by Crippen LogP contribution is 2.45. The number of rotatable bonds is 5.